The summed E-state index contributed by atoms with van der Waals surface area (Å²) in [6.45, 7) is 0. The lowest BCUT2D eigenvalue weighted by atomic mass is 9.85. The van der Waals surface area contributed by atoms with E-state index in [1.807, 2.05) is 0 Å². The average molecular weight is 544 g/mol. The molecule has 0 saturated carbocycles. The third-order valence-electron chi connectivity index (χ3n) is 9.47. The highest BCUT2D eigenvalue weighted by Gasteiger charge is 2.22. The van der Waals surface area contributed by atoms with E-state index in [0.717, 1.165) is 0 Å². The third-order valence-corrected chi connectivity index (χ3v) is 9.47. The fourth-order valence-corrected chi connectivity index (χ4v) is 7.77. The van der Waals surface area contributed by atoms with Crippen LogP contribution >= 0.6 is 0 Å². The highest BCUT2D eigenvalue weighted by molar-refractivity contribution is 6.31. The molecule has 0 aliphatic rings. The molecule has 0 atom stereocenters. The highest BCUT2D eigenvalue weighted by Crippen LogP contribution is 2.48. The van der Waals surface area contributed by atoms with Crippen molar-refractivity contribution in [3.63, 3.8) is 0 Å². The molecule has 0 unspecified atom stereocenters. The Hall–Kier alpha value is -5.66. The van der Waals surface area contributed by atoms with Gasteiger partial charge in [-0.25, -0.2) is 0 Å². The first kappa shape index (κ1) is 23.0. The van der Waals surface area contributed by atoms with Gasteiger partial charge in [-0.15, -0.1) is 0 Å². The fraction of sp³-hybridized carbons (Fsp3) is 0. The molecule has 10 aromatic rings. The maximum Gasteiger partial charge on any atom is 0.0621 e. The van der Waals surface area contributed by atoms with Crippen molar-refractivity contribution in [2.24, 2.45) is 0 Å². The Morgan fingerprint density at radius 3 is 1.56 bits per heavy atom. The van der Waals surface area contributed by atoms with E-state index in [1.54, 1.807) is 0 Å². The topological polar surface area (TPSA) is 4.41 Å². The molecule has 198 valence electrons. The molecule has 0 amide bonds. The number of benzene rings is 8. The van der Waals surface area contributed by atoms with Crippen LogP contribution in [0.25, 0.3) is 92.7 Å². The van der Waals surface area contributed by atoms with Crippen molar-refractivity contribution in [3.05, 3.63) is 152 Å². The molecular formula is C42H25N. The molecule has 0 aliphatic carbocycles. The van der Waals surface area contributed by atoms with E-state index in [4.69, 9.17) is 0 Å². The van der Waals surface area contributed by atoms with Crippen LogP contribution in [0.1, 0.15) is 0 Å². The minimum atomic E-state index is 1.25. The van der Waals surface area contributed by atoms with E-state index in [1.165, 1.54) is 92.7 Å². The Kier molecular flexibility index (Phi) is 4.51. The van der Waals surface area contributed by atoms with E-state index in [-0.39, 0.29) is 0 Å². The van der Waals surface area contributed by atoms with Gasteiger partial charge in [0.2, 0.25) is 0 Å². The lowest BCUT2D eigenvalue weighted by molar-refractivity contribution is 1.37. The predicted molar refractivity (Wildman–Crippen MR) is 184 cm³/mol. The first-order valence-electron chi connectivity index (χ1n) is 15.0. The van der Waals surface area contributed by atoms with Crippen LogP contribution in [0.3, 0.4) is 0 Å². The molecule has 0 N–H and O–H groups in total. The second-order valence-corrected chi connectivity index (χ2v) is 11.7. The number of aromatic nitrogens is 1. The zero-order valence-electron chi connectivity index (χ0n) is 23.4. The first-order chi connectivity index (χ1) is 21.4. The second kappa shape index (κ2) is 8.44. The standard InChI is InChI=1S/C42H25N/c1-2-13-27(14-3-1)39-31-17-6-8-19-33(31)40(34-20-9-7-18-32(34)39)28-24-35-30-16-10-11-21-37(30)43-38-23-22-26-12-4-5-15-29(26)41(38)36(25-28)42(35)43/h1-25H. The third kappa shape index (κ3) is 3.01. The Bertz CT molecular complexity index is 2650. The zero-order valence-corrected chi connectivity index (χ0v) is 23.4. The highest BCUT2D eigenvalue weighted by atomic mass is 14.9. The number of fused-ring (bicyclic) bond motifs is 10. The van der Waals surface area contributed by atoms with Crippen molar-refractivity contribution in [1.82, 2.24) is 4.40 Å². The van der Waals surface area contributed by atoms with E-state index in [0.29, 0.717) is 0 Å². The van der Waals surface area contributed by atoms with Crippen LogP contribution in [0.2, 0.25) is 0 Å². The van der Waals surface area contributed by atoms with Crippen LogP contribution in [-0.2, 0) is 0 Å². The van der Waals surface area contributed by atoms with E-state index in [9.17, 15) is 0 Å². The number of rotatable bonds is 2. The predicted octanol–water partition coefficient (Wildman–Crippen LogP) is 11.6. The molecule has 0 spiro atoms. The van der Waals surface area contributed by atoms with Crippen molar-refractivity contribution >= 4 is 70.4 Å². The molecule has 0 aliphatic heterocycles. The molecule has 1 heteroatoms. The summed E-state index contributed by atoms with van der Waals surface area (Å²) in [7, 11) is 0. The van der Waals surface area contributed by atoms with Crippen LogP contribution in [0.4, 0.5) is 0 Å². The molecule has 8 aromatic carbocycles. The fourth-order valence-electron chi connectivity index (χ4n) is 7.77. The minimum absolute atomic E-state index is 1.25. The van der Waals surface area contributed by atoms with Gasteiger partial charge in [0, 0.05) is 21.5 Å². The van der Waals surface area contributed by atoms with Gasteiger partial charge in [-0.1, -0.05) is 127 Å². The summed E-state index contributed by atoms with van der Waals surface area (Å²) in [5, 5.41) is 13.0. The van der Waals surface area contributed by atoms with Gasteiger partial charge >= 0.3 is 0 Å². The van der Waals surface area contributed by atoms with Gasteiger partial charge in [-0.3, -0.25) is 0 Å². The molecule has 10 rings (SSSR count). The Balaban J connectivity index is 1.44. The van der Waals surface area contributed by atoms with Gasteiger partial charge in [-0.2, -0.15) is 0 Å². The summed E-state index contributed by atoms with van der Waals surface area (Å²) < 4.78 is 2.49. The summed E-state index contributed by atoms with van der Waals surface area (Å²) >= 11 is 0. The Labute approximate surface area is 248 Å². The largest absolute Gasteiger partial charge is 0.308 e. The van der Waals surface area contributed by atoms with Gasteiger partial charge in [-0.05, 0) is 78.8 Å². The van der Waals surface area contributed by atoms with Crippen LogP contribution in [0, 0.1) is 0 Å². The van der Waals surface area contributed by atoms with Crippen molar-refractivity contribution in [1.29, 1.82) is 0 Å². The normalized spacial score (nSPS) is 12.2. The van der Waals surface area contributed by atoms with Crippen molar-refractivity contribution < 1.29 is 0 Å². The molecule has 0 fully saturated rings. The Morgan fingerprint density at radius 2 is 0.860 bits per heavy atom. The smallest absolute Gasteiger partial charge is 0.0621 e. The Morgan fingerprint density at radius 1 is 0.326 bits per heavy atom. The van der Waals surface area contributed by atoms with Crippen molar-refractivity contribution in [2.45, 2.75) is 0 Å². The minimum Gasteiger partial charge on any atom is -0.308 e. The average Bonchev–Trinajstić information content (AvgIpc) is 3.59. The number of hydrogen-bond acceptors (Lipinski definition) is 0. The van der Waals surface area contributed by atoms with Gasteiger partial charge < -0.3 is 4.40 Å². The van der Waals surface area contributed by atoms with Crippen LogP contribution in [0.5, 0.6) is 0 Å². The summed E-state index contributed by atoms with van der Waals surface area (Å²) in [5.74, 6) is 0. The van der Waals surface area contributed by atoms with Crippen LogP contribution in [-0.4, -0.2) is 4.40 Å². The molecule has 1 nitrogen and oxygen atoms in total. The molecule has 2 heterocycles. The maximum atomic E-state index is 2.49. The molecule has 0 radical (unpaired) electrons. The number of para-hydroxylation sites is 1. The second-order valence-electron chi connectivity index (χ2n) is 11.7. The first-order valence-corrected chi connectivity index (χ1v) is 15.0. The molecule has 0 saturated heterocycles. The molecule has 2 aromatic heterocycles. The van der Waals surface area contributed by atoms with Crippen molar-refractivity contribution in [2.75, 3.05) is 0 Å². The summed E-state index contributed by atoms with van der Waals surface area (Å²) in [6.07, 6.45) is 0. The van der Waals surface area contributed by atoms with Gasteiger partial charge in [0.25, 0.3) is 0 Å². The van der Waals surface area contributed by atoms with E-state index < -0.39 is 0 Å². The van der Waals surface area contributed by atoms with Gasteiger partial charge in [0.05, 0.1) is 16.6 Å². The molecule has 0 bridgehead atoms. The summed E-state index contributed by atoms with van der Waals surface area (Å²) in [6, 6.07) is 55.9. The lowest BCUT2D eigenvalue weighted by Crippen LogP contribution is -1.90. The van der Waals surface area contributed by atoms with Crippen LogP contribution < -0.4 is 0 Å². The van der Waals surface area contributed by atoms with Gasteiger partial charge in [0.15, 0.2) is 0 Å². The SMILES string of the molecule is c1ccc(-c2c3ccccc3c(-c3cc4c5ccccc5n5c6ccc7ccccc7c6c(c3)c45)c3ccccc23)cc1. The number of nitrogens with zero attached hydrogens (tertiary/aromatic N) is 1. The zero-order chi connectivity index (χ0) is 28.1. The van der Waals surface area contributed by atoms with Crippen molar-refractivity contribution in [3.8, 4) is 22.3 Å². The van der Waals surface area contributed by atoms with Gasteiger partial charge in [0.1, 0.15) is 0 Å². The molecule has 43 heavy (non-hydrogen) atoms. The van der Waals surface area contributed by atoms with E-state index >= 15 is 0 Å². The van der Waals surface area contributed by atoms with E-state index in [2.05, 4.69) is 156 Å². The molecular weight excluding hydrogens is 518 g/mol. The summed E-state index contributed by atoms with van der Waals surface area (Å²) in [5.41, 5.74) is 8.96. The quantitative estimate of drug-likeness (QED) is 0.191. The number of hydrogen-bond donors (Lipinski definition) is 0. The lowest BCUT2D eigenvalue weighted by Gasteiger charge is -2.18. The maximum absolute atomic E-state index is 2.49. The monoisotopic (exact) mass is 543 g/mol. The van der Waals surface area contributed by atoms with Crippen LogP contribution in [0.15, 0.2) is 152 Å². The summed E-state index contributed by atoms with van der Waals surface area (Å²) in [4.78, 5) is 0.